The number of halogens is 1. The Morgan fingerprint density at radius 1 is 1.45 bits per heavy atom. The van der Waals surface area contributed by atoms with Gasteiger partial charge in [0, 0.05) is 4.88 Å². The van der Waals surface area contributed by atoms with Crippen molar-refractivity contribution in [1.29, 1.82) is 0 Å². The van der Waals surface area contributed by atoms with Crippen LogP contribution >= 0.6 is 27.3 Å². The quantitative estimate of drug-likeness (QED) is 0.722. The van der Waals surface area contributed by atoms with Crippen LogP contribution in [0.4, 0.5) is 0 Å². The highest BCUT2D eigenvalue weighted by atomic mass is 79.9. The molecule has 0 aliphatic heterocycles. The van der Waals surface area contributed by atoms with Crippen molar-refractivity contribution in [3.63, 3.8) is 0 Å². The third-order valence-corrected chi connectivity index (χ3v) is 2.94. The molecule has 0 unspecified atom stereocenters. The first-order valence-corrected chi connectivity index (χ1v) is 5.46. The van der Waals surface area contributed by atoms with E-state index >= 15 is 0 Å². The molecule has 1 rings (SSSR count). The fourth-order valence-electron chi connectivity index (χ4n) is 0.721. The summed E-state index contributed by atoms with van der Waals surface area (Å²) >= 11 is 5.05. The summed E-state index contributed by atoms with van der Waals surface area (Å²) in [4.78, 5) is 5.59. The average Bonchev–Trinajstić information content (AvgIpc) is 2.33. The summed E-state index contributed by atoms with van der Waals surface area (Å²) in [7, 11) is 0. The summed E-state index contributed by atoms with van der Waals surface area (Å²) in [5.74, 6) is 0. The Bertz CT molecular complexity index is 208. The number of hydrogen-bond donors (Lipinski definition) is 0. The monoisotopic (exact) mass is 235 g/mol. The molecule has 0 saturated carbocycles. The lowest BCUT2D eigenvalue weighted by Crippen LogP contribution is -1.76. The largest absolute Gasteiger partial charge is 0.234 e. The molecule has 0 aromatic carbocycles. The molecule has 0 bridgehead atoms. The van der Waals surface area contributed by atoms with E-state index in [1.54, 1.807) is 11.3 Å². The predicted octanol–water partition coefficient (Wildman–Crippen LogP) is 3.80. The molecule has 0 spiro atoms. The Hall–Kier alpha value is 0.110. The number of hydrogen-bond acceptors (Lipinski definition) is 2. The SMILES string of the molecule is CC.CCc1sc(Br)nc1C. The van der Waals surface area contributed by atoms with Gasteiger partial charge in [0.15, 0.2) is 3.92 Å². The zero-order valence-corrected chi connectivity index (χ0v) is 9.84. The fraction of sp³-hybridized carbons (Fsp3) is 0.625. The van der Waals surface area contributed by atoms with Crippen molar-refractivity contribution >= 4 is 27.3 Å². The standard InChI is InChI=1S/C6H8BrNS.C2H6/c1-3-5-4(2)8-6(7)9-5;1-2/h3H2,1-2H3;1-2H3. The third kappa shape index (κ3) is 3.34. The van der Waals surface area contributed by atoms with Crippen LogP contribution in [-0.4, -0.2) is 4.98 Å². The Balaban J connectivity index is 0.000000461. The molecule has 1 nitrogen and oxygen atoms in total. The highest BCUT2D eigenvalue weighted by Gasteiger charge is 2.00. The average molecular weight is 236 g/mol. The molecule has 64 valence electrons. The second kappa shape index (κ2) is 5.72. The Kier molecular flexibility index (Phi) is 5.78. The van der Waals surface area contributed by atoms with Crippen LogP contribution in [0.3, 0.4) is 0 Å². The number of nitrogens with zero attached hydrogens (tertiary/aromatic N) is 1. The topological polar surface area (TPSA) is 12.9 Å². The maximum atomic E-state index is 4.22. The molecule has 1 heterocycles. The van der Waals surface area contributed by atoms with Gasteiger partial charge in [-0.3, -0.25) is 0 Å². The molecule has 0 amide bonds. The molecule has 1 aromatic heterocycles. The van der Waals surface area contributed by atoms with Crippen LogP contribution in [0.1, 0.15) is 31.3 Å². The lowest BCUT2D eigenvalue weighted by molar-refractivity contribution is 1.11. The van der Waals surface area contributed by atoms with Crippen LogP contribution in [0.2, 0.25) is 0 Å². The second-order valence-electron chi connectivity index (χ2n) is 1.83. The molecule has 11 heavy (non-hydrogen) atoms. The normalized spacial score (nSPS) is 8.82. The van der Waals surface area contributed by atoms with Crippen molar-refractivity contribution in [1.82, 2.24) is 4.98 Å². The van der Waals surface area contributed by atoms with Gasteiger partial charge in [-0.25, -0.2) is 4.98 Å². The van der Waals surface area contributed by atoms with Gasteiger partial charge < -0.3 is 0 Å². The summed E-state index contributed by atoms with van der Waals surface area (Å²) < 4.78 is 0.997. The van der Waals surface area contributed by atoms with Gasteiger partial charge in [-0.1, -0.05) is 20.8 Å². The van der Waals surface area contributed by atoms with Crippen LogP contribution in [0, 0.1) is 6.92 Å². The predicted molar refractivity (Wildman–Crippen MR) is 55.3 cm³/mol. The first-order chi connectivity index (χ1) is 5.24. The smallest absolute Gasteiger partial charge is 0.159 e. The molecule has 0 fully saturated rings. The van der Waals surface area contributed by atoms with Crippen LogP contribution in [0.15, 0.2) is 3.92 Å². The summed E-state index contributed by atoms with van der Waals surface area (Å²) in [5, 5.41) is 0. The van der Waals surface area contributed by atoms with Gasteiger partial charge >= 0.3 is 0 Å². The van der Waals surface area contributed by atoms with Gasteiger partial charge in [-0.15, -0.1) is 11.3 Å². The Morgan fingerprint density at radius 3 is 2.18 bits per heavy atom. The lowest BCUT2D eigenvalue weighted by Gasteiger charge is -1.85. The van der Waals surface area contributed by atoms with Gasteiger partial charge in [0.2, 0.25) is 0 Å². The van der Waals surface area contributed by atoms with Crippen LogP contribution < -0.4 is 0 Å². The van der Waals surface area contributed by atoms with Gasteiger partial charge in [0.05, 0.1) is 5.69 Å². The molecular weight excluding hydrogens is 222 g/mol. The molecule has 1 aromatic rings. The summed E-state index contributed by atoms with van der Waals surface area (Å²) in [6.07, 6.45) is 1.09. The highest BCUT2D eigenvalue weighted by Crippen LogP contribution is 2.22. The zero-order valence-electron chi connectivity index (χ0n) is 7.44. The van der Waals surface area contributed by atoms with Crippen molar-refractivity contribution in [3.8, 4) is 0 Å². The number of rotatable bonds is 1. The molecule has 0 atom stereocenters. The van der Waals surface area contributed by atoms with Crippen molar-refractivity contribution < 1.29 is 0 Å². The molecule has 0 saturated heterocycles. The maximum absolute atomic E-state index is 4.22. The molecule has 0 N–H and O–H groups in total. The van der Waals surface area contributed by atoms with E-state index in [2.05, 4.69) is 27.8 Å². The van der Waals surface area contributed by atoms with E-state index in [0.29, 0.717) is 0 Å². The Morgan fingerprint density at radius 2 is 2.00 bits per heavy atom. The van der Waals surface area contributed by atoms with Crippen molar-refractivity contribution in [3.05, 3.63) is 14.5 Å². The van der Waals surface area contributed by atoms with Crippen molar-refractivity contribution in [2.75, 3.05) is 0 Å². The van der Waals surface area contributed by atoms with E-state index in [9.17, 15) is 0 Å². The second-order valence-corrected chi connectivity index (χ2v) is 4.19. The van der Waals surface area contributed by atoms with Crippen LogP contribution in [0.5, 0.6) is 0 Å². The minimum absolute atomic E-state index is 0.997. The number of aryl methyl sites for hydroxylation is 2. The molecule has 3 heteroatoms. The van der Waals surface area contributed by atoms with Gasteiger partial charge in [-0.2, -0.15) is 0 Å². The van der Waals surface area contributed by atoms with E-state index in [0.717, 1.165) is 16.0 Å². The van der Waals surface area contributed by atoms with Gasteiger partial charge in [0.1, 0.15) is 0 Å². The van der Waals surface area contributed by atoms with E-state index in [1.807, 2.05) is 20.8 Å². The molecule has 0 aliphatic rings. The molecule has 0 radical (unpaired) electrons. The summed E-state index contributed by atoms with van der Waals surface area (Å²) in [6, 6.07) is 0. The van der Waals surface area contributed by atoms with Crippen molar-refractivity contribution in [2.24, 2.45) is 0 Å². The van der Waals surface area contributed by atoms with Gasteiger partial charge in [-0.05, 0) is 29.3 Å². The molecule has 0 aliphatic carbocycles. The first kappa shape index (κ1) is 11.1. The minimum atomic E-state index is 0.997. The van der Waals surface area contributed by atoms with E-state index in [-0.39, 0.29) is 0 Å². The van der Waals surface area contributed by atoms with Crippen LogP contribution in [-0.2, 0) is 6.42 Å². The molecular formula is C8H14BrNS. The first-order valence-electron chi connectivity index (χ1n) is 3.86. The Labute approximate surface area is 81.0 Å². The lowest BCUT2D eigenvalue weighted by atomic mass is 10.3. The maximum Gasteiger partial charge on any atom is 0.159 e. The van der Waals surface area contributed by atoms with E-state index in [1.165, 1.54) is 4.88 Å². The van der Waals surface area contributed by atoms with Gasteiger partial charge in [0.25, 0.3) is 0 Å². The zero-order chi connectivity index (χ0) is 8.85. The minimum Gasteiger partial charge on any atom is -0.234 e. The third-order valence-electron chi connectivity index (χ3n) is 1.19. The van der Waals surface area contributed by atoms with Crippen LogP contribution in [0.25, 0.3) is 0 Å². The van der Waals surface area contributed by atoms with E-state index in [4.69, 9.17) is 0 Å². The fourth-order valence-corrected chi connectivity index (χ4v) is 2.30. The number of aromatic nitrogens is 1. The highest BCUT2D eigenvalue weighted by molar-refractivity contribution is 9.11. The van der Waals surface area contributed by atoms with E-state index < -0.39 is 0 Å². The van der Waals surface area contributed by atoms with Crippen molar-refractivity contribution in [2.45, 2.75) is 34.1 Å². The summed E-state index contributed by atoms with van der Waals surface area (Å²) in [6.45, 7) is 8.19. The summed E-state index contributed by atoms with van der Waals surface area (Å²) in [5.41, 5.74) is 1.16. The number of thiazole rings is 1.